The highest BCUT2D eigenvalue weighted by Gasteiger charge is 2.23. The summed E-state index contributed by atoms with van der Waals surface area (Å²) in [6, 6.07) is 6.43. The molecular formula is C15H24N2O2. The van der Waals surface area contributed by atoms with Crippen LogP contribution >= 0.6 is 0 Å². The average Bonchev–Trinajstić information content (AvgIpc) is 2.81. The van der Waals surface area contributed by atoms with E-state index in [-0.39, 0.29) is 11.5 Å². The molecule has 0 bridgehead atoms. The van der Waals surface area contributed by atoms with Gasteiger partial charge in [-0.05, 0) is 37.6 Å². The molecule has 0 spiro atoms. The van der Waals surface area contributed by atoms with Crippen molar-refractivity contribution in [2.45, 2.75) is 38.6 Å². The second-order valence-corrected chi connectivity index (χ2v) is 5.89. The van der Waals surface area contributed by atoms with Gasteiger partial charge in [-0.1, -0.05) is 19.9 Å². The van der Waals surface area contributed by atoms with E-state index >= 15 is 0 Å². The summed E-state index contributed by atoms with van der Waals surface area (Å²) in [6.07, 6.45) is 0.997. The Balaban J connectivity index is 1.95. The van der Waals surface area contributed by atoms with Crippen LogP contribution < -0.4 is 20.5 Å². The van der Waals surface area contributed by atoms with Crippen LogP contribution in [0.25, 0.3) is 0 Å². The molecule has 0 amide bonds. The van der Waals surface area contributed by atoms with Crippen LogP contribution in [-0.2, 0) is 5.41 Å². The highest BCUT2D eigenvalue weighted by molar-refractivity contribution is 5.46. The molecule has 3 N–H and O–H groups in total. The van der Waals surface area contributed by atoms with Gasteiger partial charge in [0.25, 0.3) is 0 Å². The van der Waals surface area contributed by atoms with Crippen molar-refractivity contribution in [1.29, 1.82) is 0 Å². The molecule has 106 valence electrons. The van der Waals surface area contributed by atoms with Crippen molar-refractivity contribution in [2.24, 2.45) is 5.73 Å². The summed E-state index contributed by atoms with van der Waals surface area (Å²) in [6.45, 7) is 8.67. The first-order valence-electron chi connectivity index (χ1n) is 6.85. The Labute approximate surface area is 115 Å². The van der Waals surface area contributed by atoms with Crippen LogP contribution in [0.1, 0.15) is 32.8 Å². The van der Waals surface area contributed by atoms with Gasteiger partial charge in [-0.15, -0.1) is 0 Å². The van der Waals surface area contributed by atoms with E-state index in [1.165, 1.54) is 5.56 Å². The zero-order chi connectivity index (χ0) is 13.9. The number of hydrogen-bond acceptors (Lipinski definition) is 4. The first-order chi connectivity index (χ1) is 8.99. The van der Waals surface area contributed by atoms with Crippen LogP contribution in [0.4, 0.5) is 0 Å². The molecule has 0 fully saturated rings. The van der Waals surface area contributed by atoms with E-state index in [9.17, 15) is 0 Å². The van der Waals surface area contributed by atoms with Gasteiger partial charge in [0.2, 0.25) is 6.79 Å². The fourth-order valence-electron chi connectivity index (χ4n) is 2.15. The zero-order valence-electron chi connectivity index (χ0n) is 12.0. The SMILES string of the molecule is CC(N)CCNCC(C)(C)c1ccc2c(c1)OCO2. The van der Waals surface area contributed by atoms with Crippen LogP contribution in [-0.4, -0.2) is 25.9 Å². The van der Waals surface area contributed by atoms with Gasteiger partial charge in [-0.3, -0.25) is 0 Å². The summed E-state index contributed by atoms with van der Waals surface area (Å²) >= 11 is 0. The average molecular weight is 264 g/mol. The molecular weight excluding hydrogens is 240 g/mol. The van der Waals surface area contributed by atoms with E-state index in [0.717, 1.165) is 31.0 Å². The fourth-order valence-corrected chi connectivity index (χ4v) is 2.15. The predicted octanol–water partition coefficient (Wildman–Crippen LogP) is 2.02. The molecule has 4 heteroatoms. The Morgan fingerprint density at radius 3 is 2.79 bits per heavy atom. The van der Waals surface area contributed by atoms with Gasteiger partial charge in [0.05, 0.1) is 0 Å². The van der Waals surface area contributed by atoms with Crippen LogP contribution in [0.5, 0.6) is 11.5 Å². The Morgan fingerprint density at radius 1 is 1.32 bits per heavy atom. The monoisotopic (exact) mass is 264 g/mol. The minimum Gasteiger partial charge on any atom is -0.454 e. The van der Waals surface area contributed by atoms with Gasteiger partial charge < -0.3 is 20.5 Å². The molecule has 19 heavy (non-hydrogen) atoms. The maximum Gasteiger partial charge on any atom is 0.231 e. The van der Waals surface area contributed by atoms with Crippen molar-refractivity contribution in [2.75, 3.05) is 19.9 Å². The Bertz CT molecular complexity index is 430. The number of rotatable bonds is 6. The molecule has 0 saturated carbocycles. The standard InChI is InChI=1S/C15H24N2O2/c1-11(16)6-7-17-9-15(2,3)12-4-5-13-14(8-12)19-10-18-13/h4-5,8,11,17H,6-7,9-10,16H2,1-3H3. The van der Waals surface area contributed by atoms with Gasteiger partial charge in [0, 0.05) is 18.0 Å². The second-order valence-electron chi connectivity index (χ2n) is 5.89. The van der Waals surface area contributed by atoms with Crippen molar-refractivity contribution in [1.82, 2.24) is 5.32 Å². The van der Waals surface area contributed by atoms with E-state index in [1.807, 2.05) is 13.0 Å². The van der Waals surface area contributed by atoms with Crippen LogP contribution in [0.3, 0.4) is 0 Å². The minimum atomic E-state index is 0.0544. The van der Waals surface area contributed by atoms with Gasteiger partial charge in [0.15, 0.2) is 11.5 Å². The van der Waals surface area contributed by atoms with Gasteiger partial charge >= 0.3 is 0 Å². The van der Waals surface area contributed by atoms with Gasteiger partial charge in [-0.2, -0.15) is 0 Å². The van der Waals surface area contributed by atoms with E-state index in [2.05, 4.69) is 31.3 Å². The number of ether oxygens (including phenoxy) is 2. The normalized spacial score (nSPS) is 15.6. The summed E-state index contributed by atoms with van der Waals surface area (Å²) in [7, 11) is 0. The molecule has 1 aliphatic rings. The molecule has 0 saturated heterocycles. The van der Waals surface area contributed by atoms with Gasteiger partial charge in [0.1, 0.15) is 0 Å². The quantitative estimate of drug-likeness (QED) is 0.772. The Kier molecular flexibility index (Phi) is 4.32. The lowest BCUT2D eigenvalue weighted by atomic mass is 9.84. The smallest absolute Gasteiger partial charge is 0.231 e. The third-order valence-electron chi connectivity index (χ3n) is 3.50. The largest absolute Gasteiger partial charge is 0.454 e. The van der Waals surface area contributed by atoms with E-state index in [4.69, 9.17) is 15.2 Å². The highest BCUT2D eigenvalue weighted by Crippen LogP contribution is 2.36. The van der Waals surface area contributed by atoms with Crippen LogP contribution in [0.15, 0.2) is 18.2 Å². The lowest BCUT2D eigenvalue weighted by Crippen LogP contribution is -2.35. The number of nitrogens with two attached hydrogens (primary N) is 1. The molecule has 0 aliphatic carbocycles. The fraction of sp³-hybridized carbons (Fsp3) is 0.600. The predicted molar refractivity (Wildman–Crippen MR) is 76.7 cm³/mol. The molecule has 0 aromatic heterocycles. The lowest BCUT2D eigenvalue weighted by Gasteiger charge is -2.26. The molecule has 1 aliphatic heterocycles. The molecule has 2 rings (SSSR count). The minimum absolute atomic E-state index is 0.0544. The maximum absolute atomic E-state index is 5.74. The Hall–Kier alpha value is -1.26. The van der Waals surface area contributed by atoms with Crippen molar-refractivity contribution in [3.8, 4) is 11.5 Å². The second kappa shape index (κ2) is 5.80. The topological polar surface area (TPSA) is 56.5 Å². The number of nitrogens with one attached hydrogen (secondary N) is 1. The van der Waals surface area contributed by atoms with Crippen molar-refractivity contribution >= 4 is 0 Å². The summed E-state index contributed by atoms with van der Waals surface area (Å²) < 4.78 is 10.8. The van der Waals surface area contributed by atoms with E-state index in [0.29, 0.717) is 6.79 Å². The molecule has 4 nitrogen and oxygen atoms in total. The first kappa shape index (κ1) is 14.2. The molecule has 1 atom stereocenters. The van der Waals surface area contributed by atoms with E-state index in [1.54, 1.807) is 0 Å². The van der Waals surface area contributed by atoms with Crippen LogP contribution in [0.2, 0.25) is 0 Å². The third kappa shape index (κ3) is 3.61. The number of fused-ring (bicyclic) bond motifs is 1. The number of benzene rings is 1. The highest BCUT2D eigenvalue weighted by atomic mass is 16.7. The maximum atomic E-state index is 5.74. The summed E-state index contributed by atoms with van der Waals surface area (Å²) in [5.74, 6) is 1.69. The van der Waals surface area contributed by atoms with Crippen molar-refractivity contribution in [3.05, 3.63) is 23.8 Å². The lowest BCUT2D eigenvalue weighted by molar-refractivity contribution is 0.174. The third-order valence-corrected chi connectivity index (χ3v) is 3.50. The Morgan fingerprint density at radius 2 is 2.05 bits per heavy atom. The van der Waals surface area contributed by atoms with Crippen molar-refractivity contribution < 1.29 is 9.47 Å². The molecule has 0 radical (unpaired) electrons. The number of hydrogen-bond donors (Lipinski definition) is 2. The molecule has 1 aromatic rings. The molecule has 1 unspecified atom stereocenters. The van der Waals surface area contributed by atoms with Crippen molar-refractivity contribution in [3.63, 3.8) is 0 Å². The zero-order valence-corrected chi connectivity index (χ0v) is 12.0. The van der Waals surface area contributed by atoms with Gasteiger partial charge in [-0.25, -0.2) is 0 Å². The summed E-state index contributed by atoms with van der Waals surface area (Å²) in [5, 5.41) is 3.47. The van der Waals surface area contributed by atoms with E-state index < -0.39 is 0 Å². The summed E-state index contributed by atoms with van der Waals surface area (Å²) in [4.78, 5) is 0. The molecule has 1 aromatic carbocycles. The van der Waals surface area contributed by atoms with Crippen LogP contribution in [0, 0.1) is 0 Å². The molecule has 1 heterocycles. The first-order valence-corrected chi connectivity index (χ1v) is 6.85. The summed E-state index contributed by atoms with van der Waals surface area (Å²) in [5.41, 5.74) is 7.05.